The van der Waals surface area contributed by atoms with E-state index >= 15 is 0 Å². The third-order valence-electron chi connectivity index (χ3n) is 5.33. The molecule has 1 heterocycles. The molecule has 1 fully saturated rings. The molecule has 0 atom stereocenters. The Kier molecular flexibility index (Phi) is 14.8. The highest BCUT2D eigenvalue weighted by atomic mass is 127. The van der Waals surface area contributed by atoms with Gasteiger partial charge in [-0.15, -0.1) is 24.0 Å². The molecular weight excluding hydrogens is 510 g/mol. The van der Waals surface area contributed by atoms with Crippen LogP contribution in [0.2, 0.25) is 0 Å². The Balaban J connectivity index is 0.00000480. The van der Waals surface area contributed by atoms with Gasteiger partial charge in [0.25, 0.3) is 0 Å². The van der Waals surface area contributed by atoms with Crippen LogP contribution in [0.25, 0.3) is 0 Å². The van der Waals surface area contributed by atoms with Crippen LogP contribution in [-0.4, -0.2) is 58.6 Å². The molecule has 0 saturated carbocycles. The molecule has 0 radical (unpaired) electrons. The van der Waals surface area contributed by atoms with Crippen LogP contribution >= 0.6 is 24.0 Å². The zero-order valence-electron chi connectivity index (χ0n) is 19.3. The van der Waals surface area contributed by atoms with Crippen LogP contribution in [0.1, 0.15) is 45.6 Å². The maximum Gasteiger partial charge on any atom is 0.191 e. The molecule has 0 spiro atoms. The second-order valence-corrected chi connectivity index (χ2v) is 7.56. The van der Waals surface area contributed by atoms with Gasteiger partial charge in [-0.25, -0.2) is 9.38 Å². The Morgan fingerprint density at radius 3 is 2.58 bits per heavy atom. The first-order chi connectivity index (χ1) is 14.7. The van der Waals surface area contributed by atoms with Crippen LogP contribution in [0.3, 0.4) is 0 Å². The predicted octanol–water partition coefficient (Wildman–Crippen LogP) is 4.18. The van der Waals surface area contributed by atoms with Crippen LogP contribution in [0, 0.1) is 11.7 Å². The SMILES string of the molecule is CCNC(=NCc1ccc(N(CC)CC)c(F)c1)NCCCOCC1CCOCC1.I. The number of halogens is 2. The van der Waals surface area contributed by atoms with Gasteiger partial charge in [0, 0.05) is 52.6 Å². The number of hydrogen-bond acceptors (Lipinski definition) is 4. The van der Waals surface area contributed by atoms with Crippen LogP contribution in [0.4, 0.5) is 10.1 Å². The van der Waals surface area contributed by atoms with E-state index in [-0.39, 0.29) is 29.8 Å². The lowest BCUT2D eigenvalue weighted by Gasteiger charge is -2.22. The lowest BCUT2D eigenvalue weighted by molar-refractivity contribution is 0.0203. The van der Waals surface area contributed by atoms with Gasteiger partial charge in [0.2, 0.25) is 0 Å². The Morgan fingerprint density at radius 2 is 1.94 bits per heavy atom. The van der Waals surface area contributed by atoms with Crippen LogP contribution < -0.4 is 15.5 Å². The number of ether oxygens (including phenoxy) is 2. The fourth-order valence-corrected chi connectivity index (χ4v) is 3.53. The highest BCUT2D eigenvalue weighted by Crippen LogP contribution is 2.20. The first kappa shape index (κ1) is 27.9. The van der Waals surface area contributed by atoms with Gasteiger partial charge in [0.05, 0.1) is 12.2 Å². The summed E-state index contributed by atoms with van der Waals surface area (Å²) in [5, 5.41) is 6.57. The number of hydrogen-bond donors (Lipinski definition) is 2. The quantitative estimate of drug-likeness (QED) is 0.177. The van der Waals surface area contributed by atoms with E-state index in [0.29, 0.717) is 18.2 Å². The molecule has 2 rings (SSSR count). The number of nitrogens with zero attached hydrogens (tertiary/aromatic N) is 2. The zero-order chi connectivity index (χ0) is 21.6. The molecule has 0 aromatic heterocycles. The molecule has 178 valence electrons. The van der Waals surface area contributed by atoms with Crippen molar-refractivity contribution in [1.29, 1.82) is 0 Å². The third-order valence-corrected chi connectivity index (χ3v) is 5.33. The van der Waals surface area contributed by atoms with Gasteiger partial charge in [0.1, 0.15) is 5.82 Å². The summed E-state index contributed by atoms with van der Waals surface area (Å²) in [7, 11) is 0. The predicted molar refractivity (Wildman–Crippen MR) is 137 cm³/mol. The van der Waals surface area contributed by atoms with E-state index in [9.17, 15) is 4.39 Å². The molecule has 1 aromatic carbocycles. The molecule has 8 heteroatoms. The molecule has 0 bridgehead atoms. The lowest BCUT2D eigenvalue weighted by atomic mass is 10.0. The topological polar surface area (TPSA) is 58.1 Å². The average Bonchev–Trinajstić information content (AvgIpc) is 2.77. The summed E-state index contributed by atoms with van der Waals surface area (Å²) >= 11 is 0. The van der Waals surface area contributed by atoms with E-state index in [1.807, 2.05) is 37.8 Å². The summed E-state index contributed by atoms with van der Waals surface area (Å²) in [6, 6.07) is 5.39. The van der Waals surface area contributed by atoms with Gasteiger partial charge < -0.3 is 25.0 Å². The molecule has 0 aliphatic carbocycles. The number of guanidine groups is 1. The van der Waals surface area contributed by atoms with E-state index in [0.717, 1.165) is 83.4 Å². The lowest BCUT2D eigenvalue weighted by Crippen LogP contribution is -2.38. The first-order valence-electron chi connectivity index (χ1n) is 11.4. The van der Waals surface area contributed by atoms with Gasteiger partial charge in [-0.1, -0.05) is 6.07 Å². The van der Waals surface area contributed by atoms with E-state index in [1.54, 1.807) is 6.07 Å². The third kappa shape index (κ3) is 10.4. The fourth-order valence-electron chi connectivity index (χ4n) is 3.53. The standard InChI is InChI=1S/C23H39FN4O2.HI/c1-4-25-23(26-12-7-13-30-18-19-10-14-29-15-11-19)27-17-20-8-9-22(21(24)16-20)28(5-2)6-3;/h8-9,16,19H,4-7,10-15,17-18H2,1-3H3,(H2,25,26,27);1H. The molecule has 1 aliphatic rings. The Morgan fingerprint density at radius 1 is 1.19 bits per heavy atom. The largest absolute Gasteiger partial charge is 0.381 e. The maximum atomic E-state index is 14.5. The van der Waals surface area contributed by atoms with Gasteiger partial charge in [0.15, 0.2) is 5.96 Å². The van der Waals surface area contributed by atoms with Crippen LogP contribution in [0.15, 0.2) is 23.2 Å². The normalized spacial score (nSPS) is 14.8. The first-order valence-corrected chi connectivity index (χ1v) is 11.4. The summed E-state index contributed by atoms with van der Waals surface area (Å²) in [5.41, 5.74) is 1.51. The molecule has 0 unspecified atom stereocenters. The van der Waals surface area contributed by atoms with Crippen LogP contribution in [-0.2, 0) is 16.0 Å². The molecule has 1 aromatic rings. The van der Waals surface area contributed by atoms with Gasteiger partial charge >= 0.3 is 0 Å². The number of rotatable bonds is 12. The van der Waals surface area contributed by atoms with Crippen molar-refractivity contribution in [3.63, 3.8) is 0 Å². The van der Waals surface area contributed by atoms with Crippen molar-refractivity contribution in [2.45, 2.75) is 46.6 Å². The van der Waals surface area contributed by atoms with Crippen molar-refractivity contribution in [3.8, 4) is 0 Å². The Bertz CT molecular complexity index is 638. The molecule has 0 amide bonds. The van der Waals surface area contributed by atoms with E-state index < -0.39 is 0 Å². The van der Waals surface area contributed by atoms with Crippen molar-refractivity contribution < 1.29 is 13.9 Å². The highest BCUT2D eigenvalue weighted by Gasteiger charge is 2.13. The van der Waals surface area contributed by atoms with Gasteiger partial charge in [-0.05, 0) is 63.6 Å². The average molecular weight is 551 g/mol. The highest BCUT2D eigenvalue weighted by molar-refractivity contribution is 14.0. The smallest absolute Gasteiger partial charge is 0.191 e. The van der Waals surface area contributed by atoms with E-state index in [1.165, 1.54) is 0 Å². The Hall–Kier alpha value is -1.13. The minimum atomic E-state index is -0.189. The van der Waals surface area contributed by atoms with Gasteiger partial charge in [-0.2, -0.15) is 0 Å². The fraction of sp³-hybridized carbons (Fsp3) is 0.696. The Labute approximate surface area is 204 Å². The summed E-state index contributed by atoms with van der Waals surface area (Å²) in [5.74, 6) is 1.19. The minimum absolute atomic E-state index is 0. The van der Waals surface area contributed by atoms with Gasteiger partial charge in [-0.3, -0.25) is 0 Å². The summed E-state index contributed by atoms with van der Waals surface area (Å²) < 4.78 is 25.6. The van der Waals surface area contributed by atoms with Crippen molar-refractivity contribution >= 4 is 35.6 Å². The number of nitrogens with one attached hydrogen (secondary N) is 2. The van der Waals surface area contributed by atoms with Crippen molar-refractivity contribution in [2.75, 3.05) is 57.5 Å². The zero-order valence-corrected chi connectivity index (χ0v) is 21.6. The summed E-state index contributed by atoms with van der Waals surface area (Å²) in [6.07, 6.45) is 3.12. The maximum absolute atomic E-state index is 14.5. The molecule has 31 heavy (non-hydrogen) atoms. The molecule has 6 nitrogen and oxygen atoms in total. The molecule has 1 aliphatic heterocycles. The van der Waals surface area contributed by atoms with E-state index in [4.69, 9.17) is 9.47 Å². The second kappa shape index (κ2) is 16.5. The number of aliphatic imine (C=N–C) groups is 1. The summed E-state index contributed by atoms with van der Waals surface area (Å²) in [6.45, 7) is 13.0. The molecule has 2 N–H and O–H groups in total. The van der Waals surface area contributed by atoms with E-state index in [2.05, 4.69) is 15.6 Å². The van der Waals surface area contributed by atoms with Crippen molar-refractivity contribution in [2.24, 2.45) is 10.9 Å². The van der Waals surface area contributed by atoms with Crippen LogP contribution in [0.5, 0.6) is 0 Å². The minimum Gasteiger partial charge on any atom is -0.381 e. The molecular formula is C23H40FIN4O2. The monoisotopic (exact) mass is 550 g/mol. The van der Waals surface area contributed by atoms with Crippen molar-refractivity contribution in [3.05, 3.63) is 29.6 Å². The summed E-state index contributed by atoms with van der Waals surface area (Å²) in [4.78, 5) is 6.60. The second-order valence-electron chi connectivity index (χ2n) is 7.56. The number of benzene rings is 1. The van der Waals surface area contributed by atoms with Crippen molar-refractivity contribution in [1.82, 2.24) is 10.6 Å². The number of anilines is 1. The molecule has 1 saturated heterocycles.